The van der Waals surface area contributed by atoms with Crippen LogP contribution >= 0.6 is 36.1 Å². The second kappa shape index (κ2) is 20.7. The number of carbonyl (C=O) groups is 3. The fourth-order valence-corrected chi connectivity index (χ4v) is 7.66. The summed E-state index contributed by atoms with van der Waals surface area (Å²) in [5, 5.41) is 15.9. The molecule has 3 unspecified atom stereocenters. The first kappa shape index (κ1) is 48.5. The van der Waals surface area contributed by atoms with Gasteiger partial charge in [0.25, 0.3) is 13.7 Å². The van der Waals surface area contributed by atoms with Crippen LogP contribution in [-0.4, -0.2) is 114 Å². The van der Waals surface area contributed by atoms with Gasteiger partial charge in [-0.05, 0) is 6.42 Å². The van der Waals surface area contributed by atoms with Crippen molar-refractivity contribution in [1.82, 2.24) is 30.2 Å². The molecule has 300 valence electrons. The number of phosphoric acid groups is 3. The molecule has 8 atom stereocenters. The number of amides is 2. The summed E-state index contributed by atoms with van der Waals surface area (Å²) in [5.41, 5.74) is 4.26. The van der Waals surface area contributed by atoms with Gasteiger partial charge in [0, 0.05) is 37.1 Å². The molecule has 1 fully saturated rings. The van der Waals surface area contributed by atoms with Gasteiger partial charge in [0.05, 0.1) is 19.5 Å². The zero-order chi connectivity index (χ0) is 39.8. The molecule has 0 spiro atoms. The van der Waals surface area contributed by atoms with Crippen LogP contribution in [0.25, 0.3) is 11.2 Å². The molecule has 0 aliphatic carbocycles. The Hall–Kier alpha value is -1.60. The molecule has 2 aromatic rings. The van der Waals surface area contributed by atoms with E-state index in [9.17, 15) is 52.8 Å². The molecule has 54 heavy (non-hydrogen) atoms. The van der Waals surface area contributed by atoms with E-state index in [4.69, 9.17) is 24.3 Å². The quantitative estimate of drug-likeness (QED) is 0.0257. The molecule has 8 N–H and O–H groups in total. The number of phosphoric ester groups is 3. The maximum atomic E-state index is 13.0. The smallest absolute Gasteiger partial charge is 0.756 e. The van der Waals surface area contributed by atoms with Gasteiger partial charge in [-0.1, -0.05) is 20.8 Å². The van der Waals surface area contributed by atoms with Crippen LogP contribution in [-0.2, 0) is 55.4 Å². The number of hydrogen-bond acceptors (Lipinski definition) is 19. The molecule has 2 amide bonds. The van der Waals surface area contributed by atoms with Crippen molar-refractivity contribution in [2.75, 3.05) is 37.8 Å². The summed E-state index contributed by atoms with van der Waals surface area (Å²) in [4.78, 5) is 90.4. The molecule has 0 saturated carbocycles. The predicted octanol–water partition coefficient (Wildman–Crippen LogP) is -3.94. The molecule has 24 nitrogen and oxygen atoms in total. The van der Waals surface area contributed by atoms with E-state index in [-0.39, 0.29) is 71.8 Å². The largest absolute Gasteiger partial charge is 1.00 e. The first-order valence-corrected chi connectivity index (χ1v) is 20.7. The number of esters is 1. The van der Waals surface area contributed by atoms with Gasteiger partial charge in [-0.3, -0.25) is 32.6 Å². The number of thiol groups is 1. The third kappa shape index (κ3) is 14.4. The van der Waals surface area contributed by atoms with Gasteiger partial charge in [-0.15, -0.1) is 0 Å². The van der Waals surface area contributed by atoms with Crippen LogP contribution in [0.2, 0.25) is 0 Å². The van der Waals surface area contributed by atoms with E-state index in [0.29, 0.717) is 18.7 Å². The molecule has 1 aliphatic heterocycles. The number of imidazole rings is 1. The number of nitrogens with zero attached hydrogens (tertiary/aromatic N) is 4. The van der Waals surface area contributed by atoms with Crippen molar-refractivity contribution in [2.45, 2.75) is 70.7 Å². The summed E-state index contributed by atoms with van der Waals surface area (Å²) in [6, 6.07) is 0. The van der Waals surface area contributed by atoms with Crippen molar-refractivity contribution in [1.29, 1.82) is 0 Å². The van der Waals surface area contributed by atoms with Gasteiger partial charge in [0.15, 0.2) is 23.8 Å². The normalized spacial score (nSPS) is 22.6. The van der Waals surface area contributed by atoms with Gasteiger partial charge in [-0.2, -0.15) is 16.9 Å². The number of nitrogens with one attached hydrogen (secondary N) is 2. The van der Waals surface area contributed by atoms with Crippen molar-refractivity contribution in [3.8, 4) is 0 Å². The Balaban J connectivity index is 0.0000101. The Labute approximate surface area is 335 Å². The standard InChI is InChI=1S/C25H42N7O17P3S.Na/c1-4-5-16(34)47-20(23(36)28-7-6-15(33)27-8-9-53)25(2,3)11-45-52(42,43)49-51(40,41)44-10-14-19(48-50(37,38)39)18(35)24(46-14)32-13-31-17-21(26)29-12-30-22(17)32;/h12-14,18-20,24,35,53H,4-11H2,1-3H3,(H,27,33)(H,28,36)(H,40,41)(H,42,43)(H2,26,29,30)(H2,37,38,39);/q;+1/p-1/t14-,18-,19-,20+,24-;/m1./s1. The minimum Gasteiger partial charge on any atom is -0.756 e. The number of aliphatic hydroxyl groups is 1. The van der Waals surface area contributed by atoms with Gasteiger partial charge < -0.3 is 55.0 Å². The number of nitrogen functional groups attached to an aromatic ring is 1. The minimum absolute atomic E-state index is 0. The summed E-state index contributed by atoms with van der Waals surface area (Å²) in [6.45, 7) is 2.39. The van der Waals surface area contributed by atoms with Crippen LogP contribution in [0.15, 0.2) is 12.7 Å². The van der Waals surface area contributed by atoms with Gasteiger partial charge in [0.1, 0.15) is 30.2 Å². The van der Waals surface area contributed by atoms with E-state index in [1.165, 1.54) is 13.8 Å². The molecule has 29 heteroatoms. The zero-order valence-electron chi connectivity index (χ0n) is 29.4. The Kier molecular flexibility index (Phi) is 18.6. The maximum absolute atomic E-state index is 13.0. The molecule has 1 saturated heterocycles. The van der Waals surface area contributed by atoms with Crippen molar-refractivity contribution in [2.24, 2.45) is 5.41 Å². The van der Waals surface area contributed by atoms with Crippen molar-refractivity contribution in [3.63, 3.8) is 0 Å². The molecule has 0 radical (unpaired) electrons. The molecular weight excluding hydrogens is 818 g/mol. The number of carbonyl (C=O) groups excluding carboxylic acids is 3. The number of anilines is 1. The number of nitrogens with two attached hydrogens (primary N) is 1. The second-order valence-corrected chi connectivity index (χ2v) is 16.6. The summed E-state index contributed by atoms with van der Waals surface area (Å²) >= 11 is 3.98. The number of ether oxygens (including phenoxy) is 2. The Bertz CT molecular complexity index is 1750. The molecule has 1 aliphatic rings. The maximum Gasteiger partial charge on any atom is 1.00 e. The minimum atomic E-state index is -5.61. The van der Waals surface area contributed by atoms with Crippen LogP contribution in [0.3, 0.4) is 0 Å². The van der Waals surface area contributed by atoms with Crippen LogP contribution < -0.4 is 50.8 Å². The zero-order valence-corrected chi connectivity index (χ0v) is 35.0. The average Bonchev–Trinajstić information content (AvgIpc) is 3.61. The third-order valence-corrected chi connectivity index (χ3v) is 10.5. The number of aliphatic hydroxyl groups excluding tert-OH is 1. The molecule has 3 rings (SSSR count). The molecule has 0 bridgehead atoms. The topological polar surface area (TPSA) is 355 Å². The summed E-state index contributed by atoms with van der Waals surface area (Å²) in [6.07, 6.45) is -6.56. The van der Waals surface area contributed by atoms with Crippen LogP contribution in [0.5, 0.6) is 0 Å². The Morgan fingerprint density at radius 3 is 2.39 bits per heavy atom. The monoisotopic (exact) mass is 859 g/mol. The first-order valence-electron chi connectivity index (χ1n) is 15.6. The number of hydrogen-bond donors (Lipinski definition) is 8. The van der Waals surface area contributed by atoms with E-state index in [0.717, 1.165) is 17.2 Å². The molecule has 3 heterocycles. The number of fused-ring (bicyclic) bond motifs is 1. The Morgan fingerprint density at radius 1 is 1.09 bits per heavy atom. The van der Waals surface area contributed by atoms with E-state index in [1.807, 2.05) is 0 Å². The van der Waals surface area contributed by atoms with Gasteiger partial charge >= 0.3 is 51.2 Å². The molecule has 2 aromatic heterocycles. The third-order valence-electron chi connectivity index (χ3n) is 7.17. The number of aromatic nitrogens is 4. The summed E-state index contributed by atoms with van der Waals surface area (Å²) < 4.78 is 67.6. The fraction of sp³-hybridized carbons (Fsp3) is 0.680. The van der Waals surface area contributed by atoms with Crippen LogP contribution in [0, 0.1) is 5.41 Å². The SMILES string of the molecule is CCCC(=O)O[C@@H](C(=O)NCCC(=O)NCCS)C(C)(C)COP(=O)(O)OP(=O)(O)OC[C@H]1O[C@@H](n2cnc3c(N)ncnc32)[C@H](O)[C@@H]1OP(=O)([O-])O.[Na+]. The van der Waals surface area contributed by atoms with Crippen molar-refractivity contribution in [3.05, 3.63) is 12.7 Å². The second-order valence-electron chi connectivity index (χ2n) is 12.0. The van der Waals surface area contributed by atoms with E-state index in [2.05, 4.69) is 47.0 Å². The average molecular weight is 860 g/mol. The predicted molar refractivity (Wildman–Crippen MR) is 180 cm³/mol. The van der Waals surface area contributed by atoms with E-state index >= 15 is 0 Å². The fourth-order valence-electron chi connectivity index (χ4n) is 4.73. The van der Waals surface area contributed by atoms with Crippen LogP contribution in [0.1, 0.15) is 46.3 Å². The number of rotatable bonds is 21. The Morgan fingerprint density at radius 2 is 1.76 bits per heavy atom. The van der Waals surface area contributed by atoms with Crippen molar-refractivity contribution < 1.29 is 110 Å². The molecular formula is C25H41N7NaO17P3S. The first-order chi connectivity index (χ1) is 24.6. The van der Waals surface area contributed by atoms with E-state index in [1.54, 1.807) is 6.92 Å². The molecule has 0 aromatic carbocycles. The van der Waals surface area contributed by atoms with Crippen LogP contribution in [0.4, 0.5) is 5.82 Å². The summed E-state index contributed by atoms with van der Waals surface area (Å²) in [5.74, 6) is -1.72. The van der Waals surface area contributed by atoms with Crippen molar-refractivity contribution >= 4 is 70.9 Å². The summed E-state index contributed by atoms with van der Waals surface area (Å²) in [7, 11) is -16.7. The van der Waals surface area contributed by atoms with Gasteiger partial charge in [-0.25, -0.2) is 24.1 Å². The van der Waals surface area contributed by atoms with E-state index < -0.39 is 84.6 Å². The van der Waals surface area contributed by atoms with Gasteiger partial charge in [0.2, 0.25) is 5.91 Å².